The number of hydrogen-bond acceptors (Lipinski definition) is 1. The van der Waals surface area contributed by atoms with Crippen LogP contribution in [0.4, 0.5) is 4.39 Å². The third kappa shape index (κ3) is 3.78. The SMILES string of the molecule is C=C(Cl)CNCc1ccc(Br)cc1F. The molecule has 0 aromatic heterocycles. The maximum Gasteiger partial charge on any atom is 0.128 e. The highest BCUT2D eigenvalue weighted by molar-refractivity contribution is 9.10. The van der Waals surface area contributed by atoms with Gasteiger partial charge >= 0.3 is 0 Å². The molecule has 1 aromatic carbocycles. The molecular formula is C10H10BrClFN. The molecule has 14 heavy (non-hydrogen) atoms. The number of nitrogens with one attached hydrogen (secondary N) is 1. The summed E-state index contributed by atoms with van der Waals surface area (Å²) in [6.45, 7) is 4.46. The molecule has 0 unspecified atom stereocenters. The third-order valence-electron chi connectivity index (χ3n) is 1.65. The Kier molecular flexibility index (Phi) is 4.58. The highest BCUT2D eigenvalue weighted by Gasteiger charge is 2.01. The van der Waals surface area contributed by atoms with Crippen molar-refractivity contribution < 1.29 is 4.39 Å². The summed E-state index contributed by atoms with van der Waals surface area (Å²) in [5.41, 5.74) is 0.617. The van der Waals surface area contributed by atoms with Gasteiger partial charge in [-0.3, -0.25) is 0 Å². The van der Waals surface area contributed by atoms with Gasteiger partial charge < -0.3 is 5.32 Å². The Labute approximate surface area is 96.1 Å². The number of benzene rings is 1. The van der Waals surface area contributed by atoms with E-state index in [0.29, 0.717) is 23.7 Å². The monoisotopic (exact) mass is 277 g/mol. The first kappa shape index (κ1) is 11.7. The zero-order valence-corrected chi connectivity index (χ0v) is 9.83. The summed E-state index contributed by atoms with van der Waals surface area (Å²) in [6, 6.07) is 4.96. The van der Waals surface area contributed by atoms with Gasteiger partial charge in [0.2, 0.25) is 0 Å². The van der Waals surface area contributed by atoms with E-state index in [1.165, 1.54) is 6.07 Å². The molecule has 0 aliphatic rings. The first-order chi connectivity index (χ1) is 6.59. The van der Waals surface area contributed by atoms with E-state index in [2.05, 4.69) is 27.8 Å². The van der Waals surface area contributed by atoms with Gasteiger partial charge in [0.05, 0.1) is 0 Å². The van der Waals surface area contributed by atoms with Crippen molar-refractivity contribution in [2.24, 2.45) is 0 Å². The van der Waals surface area contributed by atoms with E-state index >= 15 is 0 Å². The summed E-state index contributed by atoms with van der Waals surface area (Å²) in [4.78, 5) is 0. The summed E-state index contributed by atoms with van der Waals surface area (Å²) in [7, 11) is 0. The molecule has 1 aromatic rings. The Morgan fingerprint density at radius 1 is 1.57 bits per heavy atom. The fraction of sp³-hybridized carbons (Fsp3) is 0.200. The van der Waals surface area contributed by atoms with Crippen LogP contribution < -0.4 is 5.32 Å². The molecule has 0 amide bonds. The zero-order chi connectivity index (χ0) is 10.6. The molecule has 76 valence electrons. The second kappa shape index (κ2) is 5.49. The molecule has 4 heteroatoms. The molecule has 1 nitrogen and oxygen atoms in total. The second-order valence-corrected chi connectivity index (χ2v) is 4.31. The molecule has 0 bridgehead atoms. The van der Waals surface area contributed by atoms with Crippen molar-refractivity contribution in [3.63, 3.8) is 0 Å². The van der Waals surface area contributed by atoms with E-state index < -0.39 is 0 Å². The van der Waals surface area contributed by atoms with Crippen LogP contribution in [0.15, 0.2) is 34.3 Å². The molecule has 0 atom stereocenters. The van der Waals surface area contributed by atoms with E-state index in [-0.39, 0.29) is 5.82 Å². The molecule has 0 radical (unpaired) electrons. The van der Waals surface area contributed by atoms with E-state index in [1.54, 1.807) is 12.1 Å². The minimum Gasteiger partial charge on any atom is -0.308 e. The molecular weight excluding hydrogens is 268 g/mol. The van der Waals surface area contributed by atoms with Crippen LogP contribution in [0.5, 0.6) is 0 Å². The predicted octanol–water partition coefficient (Wildman–Crippen LogP) is 3.43. The average Bonchev–Trinajstić information content (AvgIpc) is 2.08. The van der Waals surface area contributed by atoms with Crippen LogP contribution in [0.1, 0.15) is 5.56 Å². The van der Waals surface area contributed by atoms with E-state index in [9.17, 15) is 4.39 Å². The van der Waals surface area contributed by atoms with E-state index in [0.717, 1.165) is 4.47 Å². The maximum atomic E-state index is 13.2. The third-order valence-corrected chi connectivity index (χ3v) is 2.27. The van der Waals surface area contributed by atoms with Crippen LogP contribution in [0.3, 0.4) is 0 Å². The van der Waals surface area contributed by atoms with Crippen LogP contribution in [-0.4, -0.2) is 6.54 Å². The molecule has 1 rings (SSSR count). The normalized spacial score (nSPS) is 10.2. The van der Waals surface area contributed by atoms with Gasteiger partial charge in [0.1, 0.15) is 5.82 Å². The van der Waals surface area contributed by atoms with Gasteiger partial charge in [-0.1, -0.05) is 40.2 Å². The Bertz CT molecular complexity index is 341. The molecule has 0 fully saturated rings. The fourth-order valence-corrected chi connectivity index (χ4v) is 1.43. The number of halogens is 3. The van der Waals surface area contributed by atoms with Gasteiger partial charge in [-0.15, -0.1) is 0 Å². The minimum atomic E-state index is -0.230. The molecule has 0 saturated carbocycles. The minimum absolute atomic E-state index is 0.230. The molecule has 0 spiro atoms. The lowest BCUT2D eigenvalue weighted by atomic mass is 10.2. The first-order valence-corrected chi connectivity index (χ1v) is 5.24. The highest BCUT2D eigenvalue weighted by Crippen LogP contribution is 2.15. The average molecular weight is 279 g/mol. The predicted molar refractivity (Wildman–Crippen MR) is 60.8 cm³/mol. The van der Waals surface area contributed by atoms with Crippen molar-refractivity contribution in [3.8, 4) is 0 Å². The van der Waals surface area contributed by atoms with Crippen LogP contribution in [0, 0.1) is 5.82 Å². The Morgan fingerprint density at radius 3 is 2.86 bits per heavy atom. The van der Waals surface area contributed by atoms with Crippen molar-refractivity contribution >= 4 is 27.5 Å². The summed E-state index contributed by atoms with van der Waals surface area (Å²) >= 11 is 8.74. The molecule has 0 aliphatic heterocycles. The summed E-state index contributed by atoms with van der Waals surface area (Å²) in [5.74, 6) is -0.230. The van der Waals surface area contributed by atoms with Crippen molar-refractivity contribution in [2.75, 3.05) is 6.54 Å². The van der Waals surface area contributed by atoms with Gasteiger partial charge in [0.25, 0.3) is 0 Å². The Hall–Kier alpha value is -0.380. The van der Waals surface area contributed by atoms with Crippen LogP contribution >= 0.6 is 27.5 Å². The van der Waals surface area contributed by atoms with Crippen LogP contribution in [-0.2, 0) is 6.54 Å². The van der Waals surface area contributed by atoms with E-state index in [1.807, 2.05) is 0 Å². The summed E-state index contributed by atoms with van der Waals surface area (Å²) in [5, 5.41) is 3.49. The van der Waals surface area contributed by atoms with Crippen molar-refractivity contribution in [2.45, 2.75) is 6.54 Å². The molecule has 0 saturated heterocycles. The largest absolute Gasteiger partial charge is 0.308 e. The van der Waals surface area contributed by atoms with Gasteiger partial charge in [0, 0.05) is 28.2 Å². The standard InChI is InChI=1S/C10H10BrClFN/c1-7(12)5-14-6-8-2-3-9(11)4-10(8)13/h2-4,14H,1,5-6H2. The van der Waals surface area contributed by atoms with E-state index in [4.69, 9.17) is 11.6 Å². The maximum absolute atomic E-state index is 13.2. The lowest BCUT2D eigenvalue weighted by molar-refractivity contribution is 0.595. The highest BCUT2D eigenvalue weighted by atomic mass is 79.9. The van der Waals surface area contributed by atoms with Crippen molar-refractivity contribution in [1.29, 1.82) is 0 Å². The second-order valence-electron chi connectivity index (χ2n) is 2.86. The Balaban J connectivity index is 2.55. The van der Waals surface area contributed by atoms with Crippen LogP contribution in [0.2, 0.25) is 0 Å². The topological polar surface area (TPSA) is 12.0 Å². The fourth-order valence-electron chi connectivity index (χ4n) is 0.998. The summed E-state index contributed by atoms with van der Waals surface area (Å²) in [6.07, 6.45) is 0. The number of rotatable bonds is 4. The van der Waals surface area contributed by atoms with Crippen molar-refractivity contribution in [3.05, 3.63) is 45.7 Å². The summed E-state index contributed by atoms with van der Waals surface area (Å²) < 4.78 is 14.0. The van der Waals surface area contributed by atoms with Gasteiger partial charge in [-0.05, 0) is 12.1 Å². The molecule has 0 aliphatic carbocycles. The molecule has 1 N–H and O–H groups in total. The van der Waals surface area contributed by atoms with Crippen molar-refractivity contribution in [1.82, 2.24) is 5.32 Å². The van der Waals surface area contributed by atoms with Crippen LogP contribution in [0.25, 0.3) is 0 Å². The Morgan fingerprint density at radius 2 is 2.29 bits per heavy atom. The number of hydrogen-bond donors (Lipinski definition) is 1. The van der Waals surface area contributed by atoms with Gasteiger partial charge in [-0.25, -0.2) is 4.39 Å². The van der Waals surface area contributed by atoms with Gasteiger partial charge in [-0.2, -0.15) is 0 Å². The lowest BCUT2D eigenvalue weighted by Gasteiger charge is -2.05. The zero-order valence-electron chi connectivity index (χ0n) is 7.49. The van der Waals surface area contributed by atoms with Gasteiger partial charge in [0.15, 0.2) is 0 Å². The quantitative estimate of drug-likeness (QED) is 0.890. The first-order valence-electron chi connectivity index (χ1n) is 4.07. The lowest BCUT2D eigenvalue weighted by Crippen LogP contribution is -2.15. The molecule has 0 heterocycles. The smallest absolute Gasteiger partial charge is 0.128 e.